The van der Waals surface area contributed by atoms with Crippen LogP contribution in [0.3, 0.4) is 0 Å². The Bertz CT molecular complexity index is 1370. The maximum atomic E-state index is 13.4. The second-order valence-electron chi connectivity index (χ2n) is 8.78. The third-order valence-electron chi connectivity index (χ3n) is 6.18. The second-order valence-corrected chi connectivity index (χ2v) is 12.1. The van der Waals surface area contributed by atoms with Crippen LogP contribution in [0, 0.1) is 0 Å². The molecule has 1 aliphatic rings. The molecule has 0 unspecified atom stereocenters. The standard InChI is InChI=1S/C27H26BrClN2O5S/c1-2-36-26(33)27(15-16-27)20-5-11-23(12-6-20)30-25(32)18-31(17-19-3-9-22(29)10-4-19)37(34,35)24-13-7-21(28)8-14-24/h3-14H,2,15-18H2,1H3,(H,30,32). The molecule has 1 aliphatic carbocycles. The average Bonchev–Trinajstić information content (AvgIpc) is 3.68. The zero-order valence-electron chi connectivity index (χ0n) is 20.1. The minimum absolute atomic E-state index is 0.00994. The number of sulfonamides is 1. The minimum atomic E-state index is -3.98. The van der Waals surface area contributed by atoms with Crippen molar-refractivity contribution >= 4 is 55.1 Å². The van der Waals surface area contributed by atoms with Gasteiger partial charge in [0.2, 0.25) is 15.9 Å². The molecule has 3 aromatic carbocycles. The molecule has 0 bridgehead atoms. The number of esters is 1. The number of nitrogens with zero attached hydrogens (tertiary/aromatic N) is 1. The van der Waals surface area contributed by atoms with Gasteiger partial charge in [-0.05, 0) is 79.4 Å². The topological polar surface area (TPSA) is 92.8 Å². The van der Waals surface area contributed by atoms with Crippen LogP contribution in [0.25, 0.3) is 0 Å². The number of ether oxygens (including phenoxy) is 1. The maximum Gasteiger partial charge on any atom is 0.316 e. The zero-order chi connectivity index (χ0) is 26.6. The van der Waals surface area contributed by atoms with Gasteiger partial charge in [-0.3, -0.25) is 9.59 Å². The van der Waals surface area contributed by atoms with Gasteiger partial charge in [-0.1, -0.05) is 51.8 Å². The van der Waals surface area contributed by atoms with Crippen LogP contribution in [0.15, 0.2) is 82.2 Å². The van der Waals surface area contributed by atoms with Gasteiger partial charge in [-0.2, -0.15) is 4.31 Å². The van der Waals surface area contributed by atoms with E-state index in [1.807, 2.05) is 0 Å². The van der Waals surface area contributed by atoms with Crippen LogP contribution < -0.4 is 5.32 Å². The Morgan fingerprint density at radius 1 is 1.00 bits per heavy atom. The third kappa shape index (κ3) is 6.41. The quantitative estimate of drug-likeness (QED) is 0.307. The summed E-state index contributed by atoms with van der Waals surface area (Å²) in [5.74, 6) is -0.725. The first kappa shape index (κ1) is 27.3. The van der Waals surface area contributed by atoms with Crippen molar-refractivity contribution in [2.45, 2.75) is 36.6 Å². The van der Waals surface area contributed by atoms with Crippen LogP contribution in [0.1, 0.15) is 30.9 Å². The highest BCUT2D eigenvalue weighted by Gasteiger charge is 2.52. The van der Waals surface area contributed by atoms with Crippen molar-refractivity contribution in [2.24, 2.45) is 0 Å². The van der Waals surface area contributed by atoms with E-state index in [1.54, 1.807) is 67.6 Å². The number of halogens is 2. The molecule has 1 N–H and O–H groups in total. The normalized spacial score (nSPS) is 14.3. The predicted molar refractivity (Wildman–Crippen MR) is 146 cm³/mol. The summed E-state index contributed by atoms with van der Waals surface area (Å²) >= 11 is 9.29. The van der Waals surface area contributed by atoms with E-state index in [0.29, 0.717) is 22.9 Å². The predicted octanol–water partition coefficient (Wildman–Crippen LogP) is 5.53. The lowest BCUT2D eigenvalue weighted by Gasteiger charge is -2.22. The number of hydrogen-bond donors (Lipinski definition) is 1. The minimum Gasteiger partial charge on any atom is -0.465 e. The van der Waals surface area contributed by atoms with Crippen molar-refractivity contribution < 1.29 is 22.7 Å². The fourth-order valence-electron chi connectivity index (χ4n) is 4.01. The molecule has 1 amide bonds. The first-order chi connectivity index (χ1) is 17.6. The fourth-order valence-corrected chi connectivity index (χ4v) is 5.79. The molecule has 1 fully saturated rings. The van der Waals surface area contributed by atoms with Crippen molar-refractivity contribution in [3.8, 4) is 0 Å². The Kier molecular flexibility index (Phi) is 8.38. The lowest BCUT2D eigenvalue weighted by Crippen LogP contribution is -2.37. The first-order valence-corrected chi connectivity index (χ1v) is 14.3. The van der Waals surface area contributed by atoms with Crippen LogP contribution in [0.5, 0.6) is 0 Å². The SMILES string of the molecule is CCOC(=O)C1(c2ccc(NC(=O)CN(Cc3ccc(Cl)cc3)S(=O)(=O)c3ccc(Br)cc3)cc2)CC1. The zero-order valence-corrected chi connectivity index (χ0v) is 23.3. The molecule has 0 radical (unpaired) electrons. The Balaban J connectivity index is 1.51. The molecular formula is C27H26BrClN2O5S. The fraction of sp³-hybridized carbons (Fsp3) is 0.259. The summed E-state index contributed by atoms with van der Waals surface area (Å²) < 4.78 is 34.0. The molecule has 4 rings (SSSR count). The number of carbonyl (C=O) groups excluding carboxylic acids is 2. The third-order valence-corrected chi connectivity index (χ3v) is 8.77. The number of nitrogens with one attached hydrogen (secondary N) is 1. The first-order valence-electron chi connectivity index (χ1n) is 11.7. The van der Waals surface area contributed by atoms with E-state index in [2.05, 4.69) is 21.2 Å². The highest BCUT2D eigenvalue weighted by atomic mass is 79.9. The summed E-state index contributed by atoms with van der Waals surface area (Å²) in [6, 6.07) is 20.0. The van der Waals surface area contributed by atoms with Gasteiger partial charge in [0.15, 0.2) is 0 Å². The lowest BCUT2D eigenvalue weighted by molar-refractivity contribution is -0.146. The van der Waals surface area contributed by atoms with Gasteiger partial charge in [-0.15, -0.1) is 0 Å². The van der Waals surface area contributed by atoms with Crippen LogP contribution in [0.2, 0.25) is 5.02 Å². The Morgan fingerprint density at radius 3 is 2.19 bits per heavy atom. The monoisotopic (exact) mass is 604 g/mol. The number of anilines is 1. The molecular weight excluding hydrogens is 580 g/mol. The van der Waals surface area contributed by atoms with Crippen molar-refractivity contribution in [1.29, 1.82) is 0 Å². The van der Waals surface area contributed by atoms with Crippen LogP contribution >= 0.6 is 27.5 Å². The number of benzene rings is 3. The Labute approximate surface area is 230 Å². The smallest absolute Gasteiger partial charge is 0.316 e. The van der Waals surface area contributed by atoms with Gasteiger partial charge >= 0.3 is 5.97 Å². The van der Waals surface area contributed by atoms with Gasteiger partial charge < -0.3 is 10.1 Å². The van der Waals surface area contributed by atoms with Gasteiger partial charge in [0, 0.05) is 21.7 Å². The van der Waals surface area contributed by atoms with E-state index >= 15 is 0 Å². The molecule has 1 saturated carbocycles. The summed E-state index contributed by atoms with van der Waals surface area (Å²) in [5.41, 5.74) is 1.43. The number of rotatable bonds is 10. The summed E-state index contributed by atoms with van der Waals surface area (Å²) in [6.45, 7) is 1.70. The average molecular weight is 606 g/mol. The highest BCUT2D eigenvalue weighted by molar-refractivity contribution is 9.10. The number of carbonyl (C=O) groups is 2. The molecule has 194 valence electrons. The molecule has 0 heterocycles. The van der Waals surface area contributed by atoms with Crippen molar-refractivity contribution in [1.82, 2.24) is 4.31 Å². The summed E-state index contributed by atoms with van der Waals surface area (Å²) in [5, 5.41) is 3.29. The van der Waals surface area contributed by atoms with Crippen LogP contribution in [0.4, 0.5) is 5.69 Å². The van der Waals surface area contributed by atoms with Crippen LogP contribution in [-0.2, 0) is 36.3 Å². The van der Waals surface area contributed by atoms with Crippen molar-refractivity contribution in [2.75, 3.05) is 18.5 Å². The summed E-state index contributed by atoms with van der Waals surface area (Å²) in [7, 11) is -3.98. The van der Waals surface area contributed by atoms with E-state index in [4.69, 9.17) is 16.3 Å². The molecule has 37 heavy (non-hydrogen) atoms. The molecule has 7 nitrogen and oxygen atoms in total. The molecule has 0 saturated heterocycles. The van der Waals surface area contributed by atoms with Gasteiger partial charge in [0.1, 0.15) is 0 Å². The lowest BCUT2D eigenvalue weighted by atomic mass is 9.96. The van der Waals surface area contributed by atoms with Gasteiger partial charge in [-0.25, -0.2) is 8.42 Å². The highest BCUT2D eigenvalue weighted by Crippen LogP contribution is 2.49. The van der Waals surface area contributed by atoms with Crippen molar-refractivity contribution in [3.05, 3.63) is 93.4 Å². The molecule has 10 heteroatoms. The van der Waals surface area contributed by atoms with E-state index in [9.17, 15) is 18.0 Å². The van der Waals surface area contributed by atoms with E-state index in [1.165, 1.54) is 12.1 Å². The molecule has 3 aromatic rings. The molecule has 0 spiro atoms. The van der Waals surface area contributed by atoms with E-state index < -0.39 is 27.9 Å². The summed E-state index contributed by atoms with van der Waals surface area (Å²) in [6.07, 6.45) is 1.45. The van der Waals surface area contributed by atoms with E-state index in [-0.39, 0.29) is 17.4 Å². The number of hydrogen-bond acceptors (Lipinski definition) is 5. The second kappa shape index (κ2) is 11.3. The maximum absolute atomic E-state index is 13.4. The summed E-state index contributed by atoms with van der Waals surface area (Å²) in [4.78, 5) is 25.4. The van der Waals surface area contributed by atoms with Gasteiger partial charge in [0.05, 0.1) is 23.5 Å². The largest absolute Gasteiger partial charge is 0.465 e. The van der Waals surface area contributed by atoms with Crippen molar-refractivity contribution in [3.63, 3.8) is 0 Å². The molecule has 0 atom stereocenters. The molecule has 0 aromatic heterocycles. The Hall–Kier alpha value is -2.72. The number of amides is 1. The van der Waals surface area contributed by atoms with E-state index in [0.717, 1.165) is 27.2 Å². The van der Waals surface area contributed by atoms with Crippen LogP contribution in [-0.4, -0.2) is 37.8 Å². The van der Waals surface area contributed by atoms with Gasteiger partial charge in [0.25, 0.3) is 0 Å². The molecule has 0 aliphatic heterocycles. The Morgan fingerprint density at radius 2 is 1.62 bits per heavy atom.